The Labute approximate surface area is 357 Å². The van der Waals surface area contributed by atoms with Crippen LogP contribution in [0.25, 0.3) is 0 Å². The predicted octanol–water partition coefficient (Wildman–Crippen LogP) is 10.4. The second-order valence-electron chi connectivity index (χ2n) is 16.2. The molecule has 11 nitrogen and oxygen atoms in total. The van der Waals surface area contributed by atoms with Crippen molar-refractivity contribution in [3.05, 3.63) is 36.5 Å². The van der Waals surface area contributed by atoms with Crippen molar-refractivity contribution >= 4 is 17.9 Å². The Hall–Kier alpha value is -2.57. The molecule has 0 bridgehead atoms. The largest absolute Gasteiger partial charge is 0.479 e. The van der Waals surface area contributed by atoms with E-state index in [4.69, 9.17) is 18.9 Å². The third-order valence-electron chi connectivity index (χ3n) is 10.7. The van der Waals surface area contributed by atoms with E-state index in [1.807, 2.05) is 0 Å². The minimum Gasteiger partial charge on any atom is -0.479 e. The summed E-state index contributed by atoms with van der Waals surface area (Å²) in [6, 6.07) is 0. The predicted molar refractivity (Wildman–Crippen MR) is 234 cm³/mol. The zero-order chi connectivity index (χ0) is 43.2. The molecular formula is C48H84O11. The molecule has 342 valence electrons. The molecule has 6 unspecified atom stereocenters. The van der Waals surface area contributed by atoms with Crippen LogP contribution in [0, 0.1) is 0 Å². The van der Waals surface area contributed by atoms with E-state index in [0.29, 0.717) is 12.8 Å². The molecule has 11 heteroatoms. The molecule has 1 aliphatic rings. The van der Waals surface area contributed by atoms with Gasteiger partial charge in [-0.2, -0.15) is 0 Å². The summed E-state index contributed by atoms with van der Waals surface area (Å²) in [4.78, 5) is 36.8. The van der Waals surface area contributed by atoms with Gasteiger partial charge in [0.2, 0.25) is 0 Å². The van der Waals surface area contributed by atoms with Crippen LogP contribution in [0.2, 0.25) is 0 Å². The van der Waals surface area contributed by atoms with Gasteiger partial charge in [0.15, 0.2) is 18.5 Å². The van der Waals surface area contributed by atoms with Crippen molar-refractivity contribution in [1.29, 1.82) is 0 Å². The number of aliphatic hydroxyl groups is 3. The van der Waals surface area contributed by atoms with Crippen LogP contribution in [0.4, 0.5) is 0 Å². The molecule has 1 rings (SSSR count). The lowest BCUT2D eigenvalue weighted by Crippen LogP contribution is -2.60. The number of carbonyl (C=O) groups is 3. The summed E-state index contributed by atoms with van der Waals surface area (Å²) in [6.45, 7) is 3.73. The van der Waals surface area contributed by atoms with E-state index in [-0.39, 0.29) is 19.4 Å². The first-order valence-electron chi connectivity index (χ1n) is 23.5. The van der Waals surface area contributed by atoms with Crippen LogP contribution in [0.1, 0.15) is 200 Å². The second kappa shape index (κ2) is 38.4. The average molecular weight is 837 g/mol. The minimum atomic E-state index is -1.86. The highest BCUT2D eigenvalue weighted by molar-refractivity contribution is 5.73. The van der Waals surface area contributed by atoms with Crippen LogP contribution in [-0.2, 0) is 33.3 Å². The molecule has 59 heavy (non-hydrogen) atoms. The molecule has 6 atom stereocenters. The van der Waals surface area contributed by atoms with Gasteiger partial charge in [-0.3, -0.25) is 9.59 Å². The maximum absolute atomic E-state index is 12.7. The molecule has 1 heterocycles. The van der Waals surface area contributed by atoms with Gasteiger partial charge in [0.1, 0.15) is 24.9 Å². The van der Waals surface area contributed by atoms with Gasteiger partial charge < -0.3 is 39.4 Å². The van der Waals surface area contributed by atoms with Gasteiger partial charge in [0, 0.05) is 12.8 Å². The van der Waals surface area contributed by atoms with Gasteiger partial charge in [-0.1, -0.05) is 159 Å². The van der Waals surface area contributed by atoms with Crippen LogP contribution in [0.3, 0.4) is 0 Å². The fourth-order valence-electron chi connectivity index (χ4n) is 6.97. The molecule has 0 radical (unpaired) electrons. The number of esters is 2. The van der Waals surface area contributed by atoms with Crippen molar-refractivity contribution in [1.82, 2.24) is 0 Å². The molecule has 0 aromatic rings. The lowest BCUT2D eigenvalue weighted by molar-refractivity contribution is -0.298. The van der Waals surface area contributed by atoms with Gasteiger partial charge in [0.25, 0.3) is 0 Å². The van der Waals surface area contributed by atoms with Gasteiger partial charge >= 0.3 is 17.9 Å². The number of carbonyl (C=O) groups excluding carboxylic acids is 2. The molecular weight excluding hydrogens is 753 g/mol. The van der Waals surface area contributed by atoms with Crippen molar-refractivity contribution in [2.24, 2.45) is 0 Å². The number of hydrogen-bond donors (Lipinski definition) is 4. The molecule has 1 fully saturated rings. The molecule has 0 aromatic carbocycles. The van der Waals surface area contributed by atoms with Crippen LogP contribution in [-0.4, -0.2) is 88.4 Å². The van der Waals surface area contributed by atoms with Crippen molar-refractivity contribution in [2.45, 2.75) is 237 Å². The van der Waals surface area contributed by atoms with Crippen LogP contribution < -0.4 is 0 Å². The number of allylic oxidation sites excluding steroid dienone is 6. The van der Waals surface area contributed by atoms with E-state index >= 15 is 0 Å². The van der Waals surface area contributed by atoms with Crippen molar-refractivity contribution < 1.29 is 53.8 Å². The maximum Gasteiger partial charge on any atom is 0.335 e. The smallest absolute Gasteiger partial charge is 0.335 e. The first kappa shape index (κ1) is 54.4. The topological polar surface area (TPSA) is 169 Å². The molecule has 1 saturated heterocycles. The van der Waals surface area contributed by atoms with E-state index in [0.717, 1.165) is 70.6 Å². The van der Waals surface area contributed by atoms with Gasteiger partial charge in [-0.15, -0.1) is 0 Å². The second-order valence-corrected chi connectivity index (χ2v) is 16.2. The lowest BCUT2D eigenvalue weighted by Gasteiger charge is -2.38. The number of ether oxygens (including phenoxy) is 4. The fourth-order valence-corrected chi connectivity index (χ4v) is 6.97. The third kappa shape index (κ3) is 30.2. The Bertz CT molecular complexity index is 1120. The Morgan fingerprint density at radius 2 is 0.983 bits per heavy atom. The molecule has 0 saturated carbocycles. The van der Waals surface area contributed by atoms with Crippen molar-refractivity contribution in [3.8, 4) is 0 Å². The fraction of sp³-hybridized carbons (Fsp3) is 0.812. The summed E-state index contributed by atoms with van der Waals surface area (Å²) < 4.78 is 21.7. The van der Waals surface area contributed by atoms with E-state index in [1.165, 1.54) is 89.9 Å². The van der Waals surface area contributed by atoms with Gasteiger partial charge in [-0.05, 0) is 64.2 Å². The molecule has 1 aliphatic heterocycles. The molecule has 0 aliphatic carbocycles. The number of unbranched alkanes of at least 4 members (excludes halogenated alkanes) is 22. The zero-order valence-electron chi connectivity index (χ0n) is 37.0. The quantitative estimate of drug-likeness (QED) is 0.0264. The summed E-state index contributed by atoms with van der Waals surface area (Å²) in [5.74, 6) is -2.46. The lowest BCUT2D eigenvalue weighted by atomic mass is 9.99. The molecule has 0 aromatic heterocycles. The number of aliphatic carboxylic acids is 1. The van der Waals surface area contributed by atoms with E-state index in [2.05, 4.69) is 50.3 Å². The highest BCUT2D eigenvalue weighted by Gasteiger charge is 2.47. The standard InChI is InChI=1S/C48H84O11/c1-3-5-7-9-11-13-15-16-17-18-19-20-21-22-23-24-25-26-27-29-30-32-34-36-41(49)56-38-40(39-57-48-45(53)43(51)44(52)46(59-48)47(54)55)58-42(50)37-35-33-31-28-14-12-10-8-6-4-2/h8,10,15-16,18-19,40,43-46,48,51-53H,3-7,9,11-14,17,20-39H2,1-2H3,(H,54,55)/b10-8-,16-15-,19-18-. The normalized spacial score (nSPS) is 20.2. The average Bonchev–Trinajstić information content (AvgIpc) is 3.22. The summed E-state index contributed by atoms with van der Waals surface area (Å²) in [5.41, 5.74) is 0. The summed E-state index contributed by atoms with van der Waals surface area (Å²) in [5, 5.41) is 39.8. The molecule has 0 spiro atoms. The van der Waals surface area contributed by atoms with Crippen molar-refractivity contribution in [2.75, 3.05) is 13.2 Å². The van der Waals surface area contributed by atoms with Crippen LogP contribution in [0.15, 0.2) is 36.5 Å². The Kier molecular flexibility index (Phi) is 35.4. The third-order valence-corrected chi connectivity index (χ3v) is 10.7. The number of carboxylic acid groups (broad SMARTS) is 1. The van der Waals surface area contributed by atoms with E-state index in [1.54, 1.807) is 0 Å². The zero-order valence-corrected chi connectivity index (χ0v) is 37.0. The monoisotopic (exact) mass is 837 g/mol. The number of hydrogen-bond acceptors (Lipinski definition) is 10. The highest BCUT2D eigenvalue weighted by Crippen LogP contribution is 2.23. The highest BCUT2D eigenvalue weighted by atomic mass is 16.7. The number of rotatable bonds is 39. The Morgan fingerprint density at radius 1 is 0.525 bits per heavy atom. The van der Waals surface area contributed by atoms with Crippen LogP contribution in [0.5, 0.6) is 0 Å². The minimum absolute atomic E-state index is 0.172. The maximum atomic E-state index is 12.7. The Balaban J connectivity index is 2.26. The summed E-state index contributed by atoms with van der Waals surface area (Å²) >= 11 is 0. The Morgan fingerprint density at radius 3 is 1.49 bits per heavy atom. The number of carboxylic acids is 1. The van der Waals surface area contributed by atoms with Crippen molar-refractivity contribution in [3.63, 3.8) is 0 Å². The van der Waals surface area contributed by atoms with E-state index in [9.17, 15) is 34.8 Å². The first-order chi connectivity index (χ1) is 28.7. The molecule has 0 amide bonds. The molecule has 4 N–H and O–H groups in total. The summed E-state index contributed by atoms with van der Waals surface area (Å²) in [6.07, 6.45) is 35.0. The van der Waals surface area contributed by atoms with Crippen LogP contribution >= 0.6 is 0 Å². The number of aliphatic hydroxyl groups excluding tert-OH is 3. The SMILES string of the molecule is CCC/C=C\CCCCCCCC(=O)OC(COC(=O)CCCCCCCCCCCCC/C=C\C/C=C\CCCCCCC)COC1OC(C(=O)O)C(O)C(O)C1O. The van der Waals surface area contributed by atoms with Gasteiger partial charge in [0.05, 0.1) is 6.61 Å². The van der Waals surface area contributed by atoms with Gasteiger partial charge in [-0.25, -0.2) is 4.79 Å². The first-order valence-corrected chi connectivity index (χ1v) is 23.5. The summed E-state index contributed by atoms with van der Waals surface area (Å²) in [7, 11) is 0. The van der Waals surface area contributed by atoms with E-state index < -0.39 is 61.3 Å².